The lowest BCUT2D eigenvalue weighted by molar-refractivity contribution is 0.575. The zero-order chi connectivity index (χ0) is 17.8. The molecule has 0 radical (unpaired) electrons. The van der Waals surface area contributed by atoms with Crippen LogP contribution in [0.5, 0.6) is 0 Å². The minimum absolute atomic E-state index is 0.299. The van der Waals surface area contributed by atoms with Crippen LogP contribution in [0, 0.1) is 5.82 Å². The molecule has 0 saturated heterocycles. The van der Waals surface area contributed by atoms with E-state index in [1.807, 2.05) is 35.7 Å². The van der Waals surface area contributed by atoms with Gasteiger partial charge in [0.15, 0.2) is 5.76 Å². The molecule has 4 aromatic rings. The molecule has 4 rings (SSSR count). The van der Waals surface area contributed by atoms with E-state index in [0.29, 0.717) is 16.2 Å². The summed E-state index contributed by atoms with van der Waals surface area (Å²) in [6, 6.07) is 15.3. The Morgan fingerprint density at radius 3 is 2.69 bits per heavy atom. The fourth-order valence-electron chi connectivity index (χ4n) is 2.28. The summed E-state index contributed by atoms with van der Waals surface area (Å²) in [4.78, 5) is 9.44. The average molecular weight is 364 g/mol. The van der Waals surface area contributed by atoms with Gasteiger partial charge in [0.25, 0.3) is 0 Å². The smallest absolute Gasteiger partial charge is 0.211 e. The van der Waals surface area contributed by atoms with Gasteiger partial charge in [-0.15, -0.1) is 11.3 Å². The lowest BCUT2D eigenvalue weighted by Crippen LogP contribution is -2.11. The maximum absolute atomic E-state index is 13.1. The van der Waals surface area contributed by atoms with Gasteiger partial charge in [0.05, 0.1) is 23.9 Å². The van der Waals surface area contributed by atoms with Crippen LogP contribution < -0.4 is 4.80 Å². The number of furan rings is 1. The number of pyridine rings is 1. The monoisotopic (exact) mass is 364 g/mol. The minimum Gasteiger partial charge on any atom is -0.463 e. The van der Waals surface area contributed by atoms with Crippen LogP contribution >= 0.6 is 11.3 Å². The van der Waals surface area contributed by atoms with Crippen molar-refractivity contribution in [3.63, 3.8) is 0 Å². The molecule has 0 N–H and O–H groups in total. The number of nitrogens with zero attached hydrogens (tertiary/aromatic N) is 4. The highest BCUT2D eigenvalue weighted by Gasteiger charge is 2.10. The number of benzene rings is 1. The number of hydrogen-bond donors (Lipinski definition) is 0. The van der Waals surface area contributed by atoms with E-state index in [1.54, 1.807) is 35.5 Å². The van der Waals surface area contributed by atoms with E-state index in [2.05, 4.69) is 15.1 Å². The molecule has 0 aliphatic heterocycles. The van der Waals surface area contributed by atoms with Crippen molar-refractivity contribution in [3.8, 4) is 11.5 Å². The van der Waals surface area contributed by atoms with Crippen LogP contribution in [0.25, 0.3) is 11.5 Å². The van der Waals surface area contributed by atoms with Gasteiger partial charge in [0.1, 0.15) is 11.5 Å². The Kier molecular flexibility index (Phi) is 4.53. The van der Waals surface area contributed by atoms with Crippen molar-refractivity contribution in [1.82, 2.24) is 9.66 Å². The van der Waals surface area contributed by atoms with Crippen molar-refractivity contribution < 1.29 is 8.81 Å². The van der Waals surface area contributed by atoms with Gasteiger partial charge in [-0.25, -0.2) is 14.1 Å². The Morgan fingerprint density at radius 1 is 1.08 bits per heavy atom. The van der Waals surface area contributed by atoms with Crippen LogP contribution in [0.3, 0.4) is 0 Å². The Hall–Kier alpha value is -3.32. The Labute approximate surface area is 152 Å². The molecule has 0 unspecified atom stereocenters. The molecule has 0 bridgehead atoms. The predicted molar refractivity (Wildman–Crippen MR) is 98.9 cm³/mol. The summed E-state index contributed by atoms with van der Waals surface area (Å²) in [7, 11) is 0. The Morgan fingerprint density at radius 2 is 1.96 bits per heavy atom. The van der Waals surface area contributed by atoms with Gasteiger partial charge < -0.3 is 4.42 Å². The van der Waals surface area contributed by atoms with E-state index in [0.717, 1.165) is 11.4 Å². The van der Waals surface area contributed by atoms with Crippen molar-refractivity contribution >= 4 is 23.2 Å². The molecule has 3 aromatic heterocycles. The summed E-state index contributed by atoms with van der Waals surface area (Å²) < 4.78 is 20.3. The molecule has 0 fully saturated rings. The second kappa shape index (κ2) is 7.28. The molecular formula is C19H13FN4OS. The first-order valence-corrected chi connectivity index (χ1v) is 8.68. The fourth-order valence-corrected chi connectivity index (χ4v) is 3.12. The molecule has 0 aliphatic carbocycles. The molecule has 3 heterocycles. The number of thiazole rings is 1. The third-order valence-corrected chi connectivity index (χ3v) is 4.32. The van der Waals surface area contributed by atoms with E-state index in [4.69, 9.17) is 4.42 Å². The molecule has 0 spiro atoms. The topological polar surface area (TPSA) is 55.7 Å². The molecule has 128 valence electrons. The van der Waals surface area contributed by atoms with Gasteiger partial charge in [-0.05, 0) is 48.5 Å². The predicted octanol–water partition coefficient (Wildman–Crippen LogP) is 4.46. The van der Waals surface area contributed by atoms with Crippen LogP contribution in [0.1, 0.15) is 5.69 Å². The highest BCUT2D eigenvalue weighted by atomic mass is 32.1. The largest absolute Gasteiger partial charge is 0.463 e. The molecule has 26 heavy (non-hydrogen) atoms. The van der Waals surface area contributed by atoms with Crippen LogP contribution in [0.4, 0.5) is 10.1 Å². The van der Waals surface area contributed by atoms with Gasteiger partial charge >= 0.3 is 0 Å². The Balaban J connectivity index is 1.82. The standard InChI is InChI=1S/C19H13FN4OS/c20-14-6-8-15(9-7-14)23-19-24(22-12-16-4-1-2-10-21-16)17(13-26-19)18-5-3-11-25-18/h1-13H. The van der Waals surface area contributed by atoms with Gasteiger partial charge in [0, 0.05) is 11.6 Å². The van der Waals surface area contributed by atoms with Crippen LogP contribution in [-0.2, 0) is 0 Å². The number of rotatable bonds is 4. The zero-order valence-electron chi connectivity index (χ0n) is 13.5. The first kappa shape index (κ1) is 16.2. The van der Waals surface area contributed by atoms with Crippen molar-refractivity contribution in [3.05, 3.63) is 88.7 Å². The maximum atomic E-state index is 13.1. The number of aromatic nitrogens is 2. The van der Waals surface area contributed by atoms with Crippen molar-refractivity contribution in [2.45, 2.75) is 0 Å². The van der Waals surface area contributed by atoms with E-state index >= 15 is 0 Å². The third-order valence-electron chi connectivity index (χ3n) is 3.50. The van der Waals surface area contributed by atoms with Crippen LogP contribution in [0.15, 0.2) is 86.9 Å². The third kappa shape index (κ3) is 3.52. The summed E-state index contributed by atoms with van der Waals surface area (Å²) in [5.41, 5.74) is 2.14. The number of halogens is 1. The van der Waals surface area contributed by atoms with E-state index < -0.39 is 0 Å². The molecule has 1 aromatic carbocycles. The SMILES string of the molecule is Fc1ccc(N=c2scc(-c3ccco3)n2N=Cc2ccccn2)cc1. The summed E-state index contributed by atoms with van der Waals surface area (Å²) >= 11 is 1.42. The average Bonchev–Trinajstić information content (AvgIpc) is 3.32. The maximum Gasteiger partial charge on any atom is 0.211 e. The van der Waals surface area contributed by atoms with E-state index in [1.165, 1.54) is 23.5 Å². The molecule has 0 atom stereocenters. The summed E-state index contributed by atoms with van der Waals surface area (Å²) in [6.45, 7) is 0. The number of hydrogen-bond acceptors (Lipinski definition) is 5. The summed E-state index contributed by atoms with van der Waals surface area (Å²) in [5, 5.41) is 6.43. The lowest BCUT2D eigenvalue weighted by Gasteiger charge is -2.00. The van der Waals surface area contributed by atoms with E-state index in [-0.39, 0.29) is 5.82 Å². The van der Waals surface area contributed by atoms with Crippen LogP contribution in [-0.4, -0.2) is 15.9 Å². The fraction of sp³-hybridized carbons (Fsp3) is 0. The van der Waals surface area contributed by atoms with Crippen LogP contribution in [0.2, 0.25) is 0 Å². The first-order valence-electron chi connectivity index (χ1n) is 7.80. The molecular weight excluding hydrogens is 351 g/mol. The molecule has 7 heteroatoms. The molecule has 5 nitrogen and oxygen atoms in total. The van der Waals surface area contributed by atoms with Crippen molar-refractivity contribution in [1.29, 1.82) is 0 Å². The highest BCUT2D eigenvalue weighted by Crippen LogP contribution is 2.21. The van der Waals surface area contributed by atoms with Crippen molar-refractivity contribution in [2.24, 2.45) is 10.1 Å². The molecule has 0 aliphatic rings. The van der Waals surface area contributed by atoms with Crippen molar-refractivity contribution in [2.75, 3.05) is 0 Å². The molecule has 0 saturated carbocycles. The Bertz CT molecular complexity index is 1080. The zero-order valence-corrected chi connectivity index (χ0v) is 14.3. The second-order valence-electron chi connectivity index (χ2n) is 5.28. The van der Waals surface area contributed by atoms with Gasteiger partial charge in [-0.2, -0.15) is 5.10 Å². The van der Waals surface area contributed by atoms with E-state index in [9.17, 15) is 4.39 Å². The molecule has 0 amide bonds. The van der Waals surface area contributed by atoms with Gasteiger partial charge in [0.2, 0.25) is 4.80 Å². The normalized spacial score (nSPS) is 12.1. The highest BCUT2D eigenvalue weighted by molar-refractivity contribution is 7.07. The lowest BCUT2D eigenvalue weighted by atomic mass is 10.3. The van der Waals surface area contributed by atoms with Gasteiger partial charge in [-0.3, -0.25) is 4.98 Å². The second-order valence-corrected chi connectivity index (χ2v) is 6.12. The summed E-state index contributed by atoms with van der Waals surface area (Å²) in [6.07, 6.45) is 4.97. The minimum atomic E-state index is -0.299. The van der Waals surface area contributed by atoms with Gasteiger partial charge in [-0.1, -0.05) is 6.07 Å². The quantitative estimate of drug-likeness (QED) is 0.502. The summed E-state index contributed by atoms with van der Waals surface area (Å²) in [5.74, 6) is 0.382. The first-order chi connectivity index (χ1) is 12.8.